The van der Waals surface area contributed by atoms with E-state index in [1.54, 1.807) is 12.1 Å². The molecule has 1 fully saturated rings. The topological polar surface area (TPSA) is 84.2 Å². The van der Waals surface area contributed by atoms with E-state index in [9.17, 15) is 14.0 Å². The molecule has 3 unspecified atom stereocenters. The molecule has 0 spiro atoms. The van der Waals surface area contributed by atoms with Gasteiger partial charge in [0, 0.05) is 23.2 Å². The average molecular weight is 420 g/mol. The second-order valence-corrected chi connectivity index (χ2v) is 7.44. The Balaban J connectivity index is 0.00000300. The van der Waals surface area contributed by atoms with Gasteiger partial charge < -0.3 is 16.4 Å². The molecular weight excluding hydrogens is 393 g/mol. The molecule has 4 N–H and O–H groups in total. The highest BCUT2D eigenvalue weighted by Gasteiger charge is 2.26. The first-order chi connectivity index (χ1) is 13.4. The zero-order valence-electron chi connectivity index (χ0n) is 16.4. The molecule has 3 atom stereocenters. The van der Waals surface area contributed by atoms with Crippen LogP contribution in [0.5, 0.6) is 0 Å². The molecule has 0 heterocycles. The monoisotopic (exact) mass is 419 g/mol. The largest absolute Gasteiger partial charge is 0.349 e. The molecule has 2 amide bonds. The van der Waals surface area contributed by atoms with Gasteiger partial charge in [-0.3, -0.25) is 9.59 Å². The van der Waals surface area contributed by atoms with E-state index in [-0.39, 0.29) is 48.0 Å². The highest BCUT2D eigenvalue weighted by atomic mass is 35.5. The number of amides is 2. The lowest BCUT2D eigenvalue weighted by Gasteiger charge is -2.27. The third-order valence-corrected chi connectivity index (χ3v) is 5.22. The Morgan fingerprint density at radius 1 is 1.07 bits per heavy atom. The minimum Gasteiger partial charge on any atom is -0.349 e. The number of nitrogens with one attached hydrogen (secondary N) is 2. The van der Waals surface area contributed by atoms with Crippen molar-refractivity contribution in [3.05, 3.63) is 65.5 Å². The molecule has 1 saturated carbocycles. The van der Waals surface area contributed by atoms with Gasteiger partial charge in [0.2, 0.25) is 5.91 Å². The van der Waals surface area contributed by atoms with E-state index in [0.29, 0.717) is 11.3 Å². The molecule has 1 aliphatic rings. The number of nitrogens with two attached hydrogens (primary N) is 1. The van der Waals surface area contributed by atoms with Crippen molar-refractivity contribution in [2.45, 2.75) is 44.7 Å². The molecule has 0 radical (unpaired) electrons. The van der Waals surface area contributed by atoms with Crippen LogP contribution in [0.4, 0.5) is 10.1 Å². The lowest BCUT2D eigenvalue weighted by molar-refractivity contribution is -0.126. The van der Waals surface area contributed by atoms with E-state index >= 15 is 0 Å². The van der Waals surface area contributed by atoms with Crippen molar-refractivity contribution in [2.75, 3.05) is 5.32 Å². The molecular formula is C22H27ClFN3O2. The number of hydrogen-bond donors (Lipinski definition) is 3. The van der Waals surface area contributed by atoms with Crippen molar-refractivity contribution in [3.8, 4) is 0 Å². The zero-order valence-corrected chi connectivity index (χ0v) is 17.2. The molecule has 7 heteroatoms. The summed E-state index contributed by atoms with van der Waals surface area (Å²) in [5, 5.41) is 5.84. The molecule has 2 aromatic carbocycles. The summed E-state index contributed by atoms with van der Waals surface area (Å²) in [7, 11) is 0. The maximum absolute atomic E-state index is 13.0. The van der Waals surface area contributed by atoms with Crippen LogP contribution in [-0.2, 0) is 4.79 Å². The van der Waals surface area contributed by atoms with E-state index in [1.165, 1.54) is 24.3 Å². The summed E-state index contributed by atoms with van der Waals surface area (Å²) in [6, 6.07) is 12.7. The van der Waals surface area contributed by atoms with Crippen LogP contribution in [0.2, 0.25) is 0 Å². The minimum atomic E-state index is -0.382. The number of hydrogen-bond acceptors (Lipinski definition) is 3. The first-order valence-electron chi connectivity index (χ1n) is 9.65. The molecule has 3 rings (SSSR count). The maximum Gasteiger partial charge on any atom is 0.255 e. The summed E-state index contributed by atoms with van der Waals surface area (Å²) in [6.07, 6.45) is 3.62. The fourth-order valence-electron chi connectivity index (χ4n) is 3.54. The number of carbonyl (C=O) groups excluding carboxylic acids is 2. The summed E-state index contributed by atoms with van der Waals surface area (Å²) >= 11 is 0. The summed E-state index contributed by atoms with van der Waals surface area (Å²) < 4.78 is 13.0. The van der Waals surface area contributed by atoms with E-state index in [1.807, 2.05) is 19.1 Å². The van der Waals surface area contributed by atoms with Crippen LogP contribution in [0.15, 0.2) is 48.5 Å². The minimum absolute atomic E-state index is 0. The summed E-state index contributed by atoms with van der Waals surface area (Å²) in [5.41, 5.74) is 7.95. The Morgan fingerprint density at radius 2 is 1.72 bits per heavy atom. The van der Waals surface area contributed by atoms with Gasteiger partial charge in [0.1, 0.15) is 5.82 Å². The normalized spacial score (nSPS) is 19.6. The molecule has 29 heavy (non-hydrogen) atoms. The smallest absolute Gasteiger partial charge is 0.255 e. The molecule has 5 nitrogen and oxygen atoms in total. The molecule has 0 bridgehead atoms. The molecule has 0 aliphatic heterocycles. The van der Waals surface area contributed by atoms with Crippen molar-refractivity contribution in [3.63, 3.8) is 0 Å². The van der Waals surface area contributed by atoms with Crippen LogP contribution in [0, 0.1) is 11.7 Å². The molecule has 1 aliphatic carbocycles. The van der Waals surface area contributed by atoms with Crippen molar-refractivity contribution in [2.24, 2.45) is 11.7 Å². The lowest BCUT2D eigenvalue weighted by Crippen LogP contribution is -2.38. The van der Waals surface area contributed by atoms with Gasteiger partial charge in [0.05, 0.1) is 6.04 Å². The SMILES string of the molecule is CC(NC(=O)C1CCCC(N)C1)c1ccc(NC(=O)c2ccc(F)cc2)cc1.Cl. The Labute approximate surface area is 176 Å². The van der Waals surface area contributed by atoms with Gasteiger partial charge in [-0.25, -0.2) is 4.39 Å². The van der Waals surface area contributed by atoms with Gasteiger partial charge in [0.25, 0.3) is 5.91 Å². The predicted octanol–water partition coefficient (Wildman–Crippen LogP) is 4.19. The Hall–Kier alpha value is -2.44. The van der Waals surface area contributed by atoms with E-state index in [0.717, 1.165) is 31.2 Å². The van der Waals surface area contributed by atoms with Gasteiger partial charge in [-0.15, -0.1) is 12.4 Å². The first-order valence-corrected chi connectivity index (χ1v) is 9.65. The lowest BCUT2D eigenvalue weighted by atomic mass is 9.85. The number of carbonyl (C=O) groups is 2. The van der Waals surface area contributed by atoms with E-state index in [2.05, 4.69) is 10.6 Å². The second-order valence-electron chi connectivity index (χ2n) is 7.44. The Kier molecular flexibility index (Phi) is 8.17. The predicted molar refractivity (Wildman–Crippen MR) is 115 cm³/mol. The van der Waals surface area contributed by atoms with Crippen molar-refractivity contribution in [1.29, 1.82) is 0 Å². The number of anilines is 1. The third-order valence-electron chi connectivity index (χ3n) is 5.22. The first kappa shape index (κ1) is 22.8. The fraction of sp³-hybridized carbons (Fsp3) is 0.364. The Bertz CT molecular complexity index is 827. The quantitative estimate of drug-likeness (QED) is 0.679. The van der Waals surface area contributed by atoms with Crippen molar-refractivity contribution < 1.29 is 14.0 Å². The van der Waals surface area contributed by atoms with E-state index in [4.69, 9.17) is 5.73 Å². The van der Waals surface area contributed by atoms with Crippen LogP contribution in [0.1, 0.15) is 54.6 Å². The number of halogens is 2. The van der Waals surface area contributed by atoms with Crippen LogP contribution in [0.3, 0.4) is 0 Å². The standard InChI is InChI=1S/C22H26FN3O2.ClH/c1-14(25-22(28)17-3-2-4-19(24)13-17)15-7-11-20(12-8-15)26-21(27)16-5-9-18(23)10-6-16;/h5-12,14,17,19H,2-4,13,24H2,1H3,(H,25,28)(H,26,27);1H. The van der Waals surface area contributed by atoms with Gasteiger partial charge in [0.15, 0.2) is 0 Å². The second kappa shape index (κ2) is 10.4. The van der Waals surface area contributed by atoms with Crippen molar-refractivity contribution in [1.82, 2.24) is 5.32 Å². The van der Waals surface area contributed by atoms with Crippen LogP contribution >= 0.6 is 12.4 Å². The maximum atomic E-state index is 13.0. The van der Waals surface area contributed by atoms with Crippen LogP contribution in [-0.4, -0.2) is 17.9 Å². The van der Waals surface area contributed by atoms with Gasteiger partial charge in [-0.05, 0) is 68.1 Å². The summed E-state index contributed by atoms with van der Waals surface area (Å²) in [5.74, 6) is -0.647. The highest BCUT2D eigenvalue weighted by molar-refractivity contribution is 6.04. The van der Waals surface area contributed by atoms with Crippen LogP contribution < -0.4 is 16.4 Å². The fourth-order valence-corrected chi connectivity index (χ4v) is 3.54. The van der Waals surface area contributed by atoms with Gasteiger partial charge in [-0.1, -0.05) is 18.6 Å². The molecule has 0 saturated heterocycles. The van der Waals surface area contributed by atoms with E-state index < -0.39 is 0 Å². The highest BCUT2D eigenvalue weighted by Crippen LogP contribution is 2.24. The number of benzene rings is 2. The Morgan fingerprint density at radius 3 is 2.34 bits per heavy atom. The average Bonchev–Trinajstić information content (AvgIpc) is 2.69. The zero-order chi connectivity index (χ0) is 20.1. The summed E-state index contributed by atoms with van der Waals surface area (Å²) in [6.45, 7) is 1.94. The van der Waals surface area contributed by atoms with Crippen LogP contribution in [0.25, 0.3) is 0 Å². The molecule has 156 valence electrons. The van der Waals surface area contributed by atoms with Gasteiger partial charge >= 0.3 is 0 Å². The third kappa shape index (κ3) is 6.27. The van der Waals surface area contributed by atoms with Crippen molar-refractivity contribution >= 4 is 29.9 Å². The summed E-state index contributed by atoms with van der Waals surface area (Å²) in [4.78, 5) is 24.7. The molecule has 0 aromatic heterocycles. The number of rotatable bonds is 5. The molecule has 2 aromatic rings. The van der Waals surface area contributed by atoms with Gasteiger partial charge in [-0.2, -0.15) is 0 Å².